The number of rotatable bonds is 8. The molecule has 1 N–H and O–H groups in total. The highest BCUT2D eigenvalue weighted by Gasteiger charge is 2.13. The van der Waals surface area contributed by atoms with Crippen molar-refractivity contribution in [3.63, 3.8) is 0 Å². The Balaban J connectivity index is 1.61. The van der Waals surface area contributed by atoms with Crippen LogP contribution in [-0.4, -0.2) is 36.6 Å². The summed E-state index contributed by atoms with van der Waals surface area (Å²) in [5, 5.41) is 2.94. The third-order valence-electron chi connectivity index (χ3n) is 4.57. The third-order valence-corrected chi connectivity index (χ3v) is 4.57. The first kappa shape index (κ1) is 20.3. The Bertz CT molecular complexity index is 943. The molecule has 3 aromatic rings. The maximum atomic E-state index is 12.6. The summed E-state index contributed by atoms with van der Waals surface area (Å²) in [5.41, 5.74) is 2.69. The number of anilines is 1. The molecule has 6 nitrogen and oxygen atoms in total. The Morgan fingerprint density at radius 1 is 1.03 bits per heavy atom. The summed E-state index contributed by atoms with van der Waals surface area (Å²) in [6.45, 7) is 3.03. The predicted molar refractivity (Wildman–Crippen MR) is 114 cm³/mol. The van der Waals surface area contributed by atoms with E-state index in [4.69, 9.17) is 4.74 Å². The molecule has 0 saturated carbocycles. The molecule has 0 aliphatic heterocycles. The number of nitrogens with one attached hydrogen (secondary N) is 1. The maximum Gasteiger partial charge on any atom is 0.270 e. The highest BCUT2D eigenvalue weighted by Crippen LogP contribution is 2.15. The molecule has 0 atom stereocenters. The first-order chi connectivity index (χ1) is 14.0. The molecule has 0 aliphatic carbocycles. The first-order valence-electron chi connectivity index (χ1n) is 9.57. The van der Waals surface area contributed by atoms with Crippen LogP contribution in [0.15, 0.2) is 60.7 Å². The van der Waals surface area contributed by atoms with Crippen LogP contribution in [0.2, 0.25) is 0 Å². The van der Waals surface area contributed by atoms with Gasteiger partial charge in [0.1, 0.15) is 23.1 Å². The molecule has 2 aromatic carbocycles. The number of amides is 1. The van der Waals surface area contributed by atoms with E-state index in [9.17, 15) is 4.79 Å². The second-order valence-electron chi connectivity index (χ2n) is 6.85. The minimum atomic E-state index is -0.196. The average molecular weight is 390 g/mol. The van der Waals surface area contributed by atoms with Gasteiger partial charge in [0.25, 0.3) is 5.91 Å². The van der Waals surface area contributed by atoms with Crippen LogP contribution < -0.4 is 15.0 Å². The largest absolute Gasteiger partial charge is 0.497 e. The molecule has 0 radical (unpaired) electrons. The molecular formula is C23H26N4O2. The van der Waals surface area contributed by atoms with Crippen molar-refractivity contribution in [2.45, 2.75) is 19.9 Å². The SMILES string of the molecule is COc1ccc(CCNC(=O)c2cc(N(C)Cc3ccccc3)nc(C)n2)cc1. The number of methoxy groups -OCH3 is 1. The lowest BCUT2D eigenvalue weighted by molar-refractivity contribution is 0.0948. The van der Waals surface area contributed by atoms with Crippen LogP contribution in [0.4, 0.5) is 5.82 Å². The lowest BCUT2D eigenvalue weighted by Gasteiger charge is -2.19. The Kier molecular flexibility index (Phi) is 6.79. The van der Waals surface area contributed by atoms with Gasteiger partial charge in [0, 0.05) is 26.2 Å². The third kappa shape index (κ3) is 5.78. The lowest BCUT2D eigenvalue weighted by Crippen LogP contribution is -2.27. The first-order valence-corrected chi connectivity index (χ1v) is 9.57. The molecular weight excluding hydrogens is 364 g/mol. The minimum absolute atomic E-state index is 0.196. The Labute approximate surface area is 171 Å². The Morgan fingerprint density at radius 2 is 1.76 bits per heavy atom. The predicted octanol–water partition coefficient (Wildman–Crippen LogP) is 3.40. The quantitative estimate of drug-likeness (QED) is 0.638. The molecule has 6 heteroatoms. The molecule has 3 rings (SSSR count). The fraction of sp³-hybridized carbons (Fsp3) is 0.261. The number of aromatic nitrogens is 2. The lowest BCUT2D eigenvalue weighted by atomic mass is 10.1. The topological polar surface area (TPSA) is 67.3 Å². The normalized spacial score (nSPS) is 10.4. The van der Waals surface area contributed by atoms with Crippen molar-refractivity contribution < 1.29 is 9.53 Å². The number of aryl methyl sites for hydroxylation is 1. The fourth-order valence-corrected chi connectivity index (χ4v) is 3.01. The fourth-order valence-electron chi connectivity index (χ4n) is 3.01. The number of nitrogens with zero attached hydrogens (tertiary/aromatic N) is 3. The van der Waals surface area contributed by atoms with E-state index in [-0.39, 0.29) is 5.91 Å². The summed E-state index contributed by atoms with van der Waals surface area (Å²) in [6, 6.07) is 19.7. The molecule has 0 unspecified atom stereocenters. The number of hydrogen-bond acceptors (Lipinski definition) is 5. The van der Waals surface area contributed by atoms with E-state index in [0.717, 1.165) is 23.6 Å². The second-order valence-corrected chi connectivity index (χ2v) is 6.85. The van der Waals surface area contributed by atoms with Crippen molar-refractivity contribution >= 4 is 11.7 Å². The van der Waals surface area contributed by atoms with Crippen molar-refractivity contribution in [1.82, 2.24) is 15.3 Å². The average Bonchev–Trinajstić information content (AvgIpc) is 2.74. The van der Waals surface area contributed by atoms with E-state index in [1.165, 1.54) is 5.56 Å². The monoisotopic (exact) mass is 390 g/mol. The van der Waals surface area contributed by atoms with E-state index in [0.29, 0.717) is 24.6 Å². The standard InChI is InChI=1S/C23H26N4O2/c1-17-25-21(15-22(26-17)27(2)16-19-7-5-4-6-8-19)23(28)24-14-13-18-9-11-20(29-3)12-10-18/h4-12,15H,13-14,16H2,1-3H3,(H,24,28). The summed E-state index contributed by atoms with van der Waals surface area (Å²) in [4.78, 5) is 23.4. The van der Waals surface area contributed by atoms with E-state index < -0.39 is 0 Å². The number of carbonyl (C=O) groups is 1. The molecule has 150 valence electrons. The number of ether oxygens (including phenoxy) is 1. The zero-order chi connectivity index (χ0) is 20.6. The summed E-state index contributed by atoms with van der Waals surface area (Å²) in [7, 11) is 3.60. The smallest absolute Gasteiger partial charge is 0.270 e. The van der Waals surface area contributed by atoms with Gasteiger partial charge in [-0.3, -0.25) is 4.79 Å². The van der Waals surface area contributed by atoms with Gasteiger partial charge in [0.05, 0.1) is 7.11 Å². The maximum absolute atomic E-state index is 12.6. The molecule has 0 saturated heterocycles. The van der Waals surface area contributed by atoms with Gasteiger partial charge in [-0.15, -0.1) is 0 Å². The number of carbonyl (C=O) groups excluding carboxylic acids is 1. The summed E-state index contributed by atoms with van der Waals surface area (Å²) in [6.07, 6.45) is 0.737. The van der Waals surface area contributed by atoms with Gasteiger partial charge in [0.15, 0.2) is 0 Å². The van der Waals surface area contributed by atoms with Crippen molar-refractivity contribution in [3.05, 3.63) is 83.3 Å². The second kappa shape index (κ2) is 9.68. The van der Waals surface area contributed by atoms with Crippen LogP contribution >= 0.6 is 0 Å². The van der Waals surface area contributed by atoms with Crippen molar-refractivity contribution in [2.24, 2.45) is 0 Å². The van der Waals surface area contributed by atoms with Crippen molar-refractivity contribution in [2.75, 3.05) is 25.6 Å². The minimum Gasteiger partial charge on any atom is -0.497 e. The van der Waals surface area contributed by atoms with Crippen molar-refractivity contribution in [3.8, 4) is 5.75 Å². The van der Waals surface area contributed by atoms with Crippen LogP contribution in [0.1, 0.15) is 27.4 Å². The van der Waals surface area contributed by atoms with E-state index >= 15 is 0 Å². The summed E-state index contributed by atoms with van der Waals surface area (Å²) >= 11 is 0. The van der Waals surface area contributed by atoms with E-state index in [2.05, 4.69) is 27.4 Å². The molecule has 1 aromatic heterocycles. The van der Waals surface area contributed by atoms with Crippen LogP contribution in [0.25, 0.3) is 0 Å². The van der Waals surface area contributed by atoms with Gasteiger partial charge < -0.3 is 15.0 Å². The van der Waals surface area contributed by atoms with E-state index in [1.54, 1.807) is 20.1 Å². The van der Waals surface area contributed by atoms with Gasteiger partial charge in [-0.1, -0.05) is 42.5 Å². The van der Waals surface area contributed by atoms with Crippen LogP contribution in [-0.2, 0) is 13.0 Å². The van der Waals surface area contributed by atoms with E-state index in [1.807, 2.05) is 54.4 Å². The number of hydrogen-bond donors (Lipinski definition) is 1. The van der Waals surface area contributed by atoms with Gasteiger partial charge in [-0.2, -0.15) is 0 Å². The van der Waals surface area contributed by atoms with Crippen LogP contribution in [0.3, 0.4) is 0 Å². The summed E-state index contributed by atoms with van der Waals surface area (Å²) in [5.74, 6) is 1.92. The molecule has 1 amide bonds. The van der Waals surface area contributed by atoms with Gasteiger partial charge in [-0.05, 0) is 36.6 Å². The van der Waals surface area contributed by atoms with Crippen molar-refractivity contribution in [1.29, 1.82) is 0 Å². The Hall–Kier alpha value is -3.41. The molecule has 1 heterocycles. The highest BCUT2D eigenvalue weighted by molar-refractivity contribution is 5.92. The molecule has 0 aliphatic rings. The zero-order valence-electron chi connectivity index (χ0n) is 17.1. The summed E-state index contributed by atoms with van der Waals surface area (Å²) < 4.78 is 5.16. The van der Waals surface area contributed by atoms with Gasteiger partial charge in [0.2, 0.25) is 0 Å². The molecule has 0 spiro atoms. The van der Waals surface area contributed by atoms with Gasteiger partial charge in [-0.25, -0.2) is 9.97 Å². The number of benzene rings is 2. The Morgan fingerprint density at radius 3 is 2.45 bits per heavy atom. The van der Waals surface area contributed by atoms with Crippen LogP contribution in [0, 0.1) is 6.92 Å². The highest BCUT2D eigenvalue weighted by atomic mass is 16.5. The molecule has 29 heavy (non-hydrogen) atoms. The van der Waals surface area contributed by atoms with Crippen LogP contribution in [0.5, 0.6) is 5.75 Å². The molecule has 0 bridgehead atoms. The zero-order valence-corrected chi connectivity index (χ0v) is 17.1. The molecule has 0 fully saturated rings. The van der Waals surface area contributed by atoms with Gasteiger partial charge >= 0.3 is 0 Å².